The molecule has 4 aromatic rings. The fourth-order valence-electron chi connectivity index (χ4n) is 5.34. The third-order valence-corrected chi connectivity index (χ3v) is 7.39. The number of H-pyrrole nitrogens is 1. The second-order valence-electron chi connectivity index (χ2n) is 10.5. The van der Waals surface area contributed by atoms with E-state index in [1.165, 1.54) is 5.56 Å². The number of anilines is 1. The standard InChI is InChI=1S/C29H30ClN5O3/c1-29(2)17-35(15-26-32-22(9-11-37-26)18-6-4-3-5-7-18)25(16-38-29)28(36)34-23-13-19(30)12-21-20-8-10-31-14-24(20)33-27(21)23/h3-8,10,12-14,22,25,33H,9,11,15-17H2,1-2H3,(H,34,36)/t22-,25-/m0/s1. The van der Waals surface area contributed by atoms with E-state index in [0.717, 1.165) is 28.2 Å². The van der Waals surface area contributed by atoms with Gasteiger partial charge < -0.3 is 19.8 Å². The molecule has 6 rings (SSSR count). The number of halogens is 1. The molecule has 2 aromatic heterocycles. The number of fused-ring (bicyclic) bond motifs is 3. The Kier molecular flexibility index (Phi) is 6.55. The lowest BCUT2D eigenvalue weighted by atomic mass is 10.0. The van der Waals surface area contributed by atoms with E-state index in [0.29, 0.717) is 36.3 Å². The van der Waals surface area contributed by atoms with Crippen LogP contribution in [0.5, 0.6) is 0 Å². The zero-order chi connectivity index (χ0) is 26.3. The van der Waals surface area contributed by atoms with E-state index in [9.17, 15) is 4.79 Å². The Balaban J connectivity index is 1.26. The van der Waals surface area contributed by atoms with Gasteiger partial charge in [-0.15, -0.1) is 0 Å². The predicted molar refractivity (Wildman–Crippen MR) is 150 cm³/mol. The Labute approximate surface area is 226 Å². The van der Waals surface area contributed by atoms with Gasteiger partial charge in [0.25, 0.3) is 0 Å². The van der Waals surface area contributed by atoms with Crippen LogP contribution in [0.25, 0.3) is 21.8 Å². The molecule has 0 bridgehead atoms. The van der Waals surface area contributed by atoms with Crippen LogP contribution in [0.4, 0.5) is 5.69 Å². The van der Waals surface area contributed by atoms with Crippen molar-refractivity contribution < 1.29 is 14.3 Å². The molecule has 0 spiro atoms. The highest BCUT2D eigenvalue weighted by molar-refractivity contribution is 6.33. The van der Waals surface area contributed by atoms with Crippen LogP contribution >= 0.6 is 11.6 Å². The summed E-state index contributed by atoms with van der Waals surface area (Å²) in [5, 5.41) is 5.58. The zero-order valence-corrected chi connectivity index (χ0v) is 22.2. The fraction of sp³-hybridized carbons (Fsp3) is 0.345. The van der Waals surface area contributed by atoms with Gasteiger partial charge in [0, 0.05) is 35.0 Å². The van der Waals surface area contributed by atoms with Gasteiger partial charge in [-0.1, -0.05) is 41.9 Å². The minimum Gasteiger partial charge on any atom is -0.480 e. The van der Waals surface area contributed by atoms with Gasteiger partial charge in [0.15, 0.2) is 5.90 Å². The lowest BCUT2D eigenvalue weighted by molar-refractivity contribution is -0.141. The van der Waals surface area contributed by atoms with Crippen molar-refractivity contribution in [3.05, 3.63) is 71.5 Å². The van der Waals surface area contributed by atoms with Crippen LogP contribution in [0.2, 0.25) is 5.02 Å². The smallest absolute Gasteiger partial charge is 0.244 e. The van der Waals surface area contributed by atoms with Gasteiger partial charge in [-0.05, 0) is 37.6 Å². The number of aromatic nitrogens is 2. The zero-order valence-electron chi connectivity index (χ0n) is 21.4. The van der Waals surface area contributed by atoms with Crippen molar-refractivity contribution in [2.45, 2.75) is 38.0 Å². The molecule has 1 fully saturated rings. The van der Waals surface area contributed by atoms with Crippen LogP contribution in [0.1, 0.15) is 31.9 Å². The molecule has 0 aliphatic carbocycles. The number of nitrogens with one attached hydrogen (secondary N) is 2. The largest absolute Gasteiger partial charge is 0.480 e. The molecule has 8 nitrogen and oxygen atoms in total. The van der Waals surface area contributed by atoms with Crippen LogP contribution in [-0.4, -0.2) is 64.6 Å². The highest BCUT2D eigenvalue weighted by Gasteiger charge is 2.39. The number of aliphatic imine (C=N–C) groups is 1. The topological polar surface area (TPSA) is 91.8 Å². The molecular weight excluding hydrogens is 502 g/mol. The van der Waals surface area contributed by atoms with Crippen LogP contribution in [-0.2, 0) is 14.3 Å². The average Bonchev–Trinajstić information content (AvgIpc) is 3.28. The summed E-state index contributed by atoms with van der Waals surface area (Å²) in [7, 11) is 0. The summed E-state index contributed by atoms with van der Waals surface area (Å²) in [5.74, 6) is 0.478. The first-order chi connectivity index (χ1) is 18.4. The summed E-state index contributed by atoms with van der Waals surface area (Å²) in [4.78, 5) is 28.3. The molecule has 2 aromatic carbocycles. The molecule has 0 saturated carbocycles. The van der Waals surface area contributed by atoms with E-state index in [4.69, 9.17) is 26.1 Å². The maximum atomic E-state index is 13.7. The molecule has 2 atom stereocenters. The van der Waals surface area contributed by atoms with E-state index < -0.39 is 11.6 Å². The molecule has 2 N–H and O–H groups in total. The maximum absolute atomic E-state index is 13.7. The van der Waals surface area contributed by atoms with E-state index in [1.807, 2.05) is 44.2 Å². The normalized spacial score (nSPS) is 21.7. The number of ether oxygens (including phenoxy) is 2. The first-order valence-corrected chi connectivity index (χ1v) is 13.2. The second kappa shape index (κ2) is 10.0. The molecule has 0 radical (unpaired) electrons. The van der Waals surface area contributed by atoms with Crippen LogP contribution < -0.4 is 5.32 Å². The molecule has 196 valence electrons. The highest BCUT2D eigenvalue weighted by Crippen LogP contribution is 2.34. The van der Waals surface area contributed by atoms with Crippen molar-refractivity contribution in [2.75, 3.05) is 31.6 Å². The van der Waals surface area contributed by atoms with Crippen molar-refractivity contribution in [2.24, 2.45) is 4.99 Å². The SMILES string of the molecule is CC1(C)CN(CC2=N[C@H](c3ccccc3)CCO2)[C@H](C(=O)Nc2cc(Cl)cc3c2[nH]c2cnccc23)CO1. The lowest BCUT2D eigenvalue weighted by Gasteiger charge is -2.43. The number of hydrogen-bond donors (Lipinski definition) is 2. The number of carbonyl (C=O) groups is 1. The number of pyridine rings is 1. The van der Waals surface area contributed by atoms with Gasteiger partial charge in [-0.3, -0.25) is 14.7 Å². The third-order valence-electron chi connectivity index (χ3n) is 7.17. The molecule has 38 heavy (non-hydrogen) atoms. The highest BCUT2D eigenvalue weighted by atomic mass is 35.5. The number of morpholine rings is 1. The van der Waals surface area contributed by atoms with Crippen molar-refractivity contribution in [1.82, 2.24) is 14.9 Å². The Morgan fingerprint density at radius 2 is 2.05 bits per heavy atom. The van der Waals surface area contributed by atoms with Crippen molar-refractivity contribution in [3.63, 3.8) is 0 Å². The number of aromatic amines is 1. The molecule has 2 aliphatic rings. The number of carbonyl (C=O) groups excluding carboxylic acids is 1. The summed E-state index contributed by atoms with van der Waals surface area (Å²) in [6.07, 6.45) is 4.34. The number of hydrogen-bond acceptors (Lipinski definition) is 6. The van der Waals surface area contributed by atoms with Gasteiger partial charge in [-0.2, -0.15) is 0 Å². The van der Waals surface area contributed by atoms with E-state index in [-0.39, 0.29) is 18.6 Å². The third kappa shape index (κ3) is 4.99. The van der Waals surface area contributed by atoms with E-state index >= 15 is 0 Å². The first kappa shape index (κ1) is 24.9. The molecular formula is C29H30ClN5O3. The van der Waals surface area contributed by atoms with Gasteiger partial charge in [0.2, 0.25) is 5.91 Å². The van der Waals surface area contributed by atoms with Gasteiger partial charge in [-0.25, -0.2) is 4.99 Å². The van der Waals surface area contributed by atoms with E-state index in [1.54, 1.807) is 18.5 Å². The van der Waals surface area contributed by atoms with Crippen LogP contribution in [0.15, 0.2) is 65.9 Å². The van der Waals surface area contributed by atoms with Crippen LogP contribution in [0.3, 0.4) is 0 Å². The minimum atomic E-state index is -0.522. The van der Waals surface area contributed by atoms with Crippen LogP contribution in [0, 0.1) is 0 Å². The van der Waals surface area contributed by atoms with Crippen molar-refractivity contribution >= 4 is 50.9 Å². The summed E-state index contributed by atoms with van der Waals surface area (Å²) >= 11 is 6.46. The Hall–Kier alpha value is -3.46. The average molecular weight is 532 g/mol. The Bertz CT molecular complexity index is 1520. The maximum Gasteiger partial charge on any atom is 0.244 e. The van der Waals surface area contributed by atoms with Crippen molar-refractivity contribution in [1.29, 1.82) is 0 Å². The lowest BCUT2D eigenvalue weighted by Crippen LogP contribution is -2.59. The monoisotopic (exact) mass is 531 g/mol. The number of nitrogens with zero attached hydrogens (tertiary/aromatic N) is 3. The van der Waals surface area contributed by atoms with Gasteiger partial charge in [0.1, 0.15) is 6.04 Å². The molecule has 2 aliphatic heterocycles. The number of amides is 1. The van der Waals surface area contributed by atoms with Gasteiger partial charge >= 0.3 is 0 Å². The van der Waals surface area contributed by atoms with E-state index in [2.05, 4.69) is 32.3 Å². The molecule has 1 amide bonds. The minimum absolute atomic E-state index is 0.0533. The fourth-order valence-corrected chi connectivity index (χ4v) is 5.55. The summed E-state index contributed by atoms with van der Waals surface area (Å²) in [6, 6.07) is 15.4. The Morgan fingerprint density at radius 1 is 1.21 bits per heavy atom. The number of benzene rings is 2. The summed E-state index contributed by atoms with van der Waals surface area (Å²) in [6.45, 7) is 5.91. The van der Waals surface area contributed by atoms with Crippen molar-refractivity contribution in [3.8, 4) is 0 Å². The molecule has 4 heterocycles. The second-order valence-corrected chi connectivity index (χ2v) is 10.9. The summed E-state index contributed by atoms with van der Waals surface area (Å²) < 4.78 is 12.0. The predicted octanol–water partition coefficient (Wildman–Crippen LogP) is 5.35. The Morgan fingerprint density at radius 3 is 2.89 bits per heavy atom. The van der Waals surface area contributed by atoms with Gasteiger partial charge in [0.05, 0.1) is 54.3 Å². The molecule has 9 heteroatoms. The summed E-state index contributed by atoms with van der Waals surface area (Å²) in [5.41, 5.74) is 3.07. The quantitative estimate of drug-likeness (QED) is 0.362. The number of rotatable bonds is 5. The molecule has 1 saturated heterocycles. The molecule has 0 unspecified atom stereocenters. The first-order valence-electron chi connectivity index (χ1n) is 12.8.